The first-order valence-electron chi connectivity index (χ1n) is 9.85. The predicted molar refractivity (Wildman–Crippen MR) is 116 cm³/mol. The first-order valence-corrected chi connectivity index (χ1v) is 9.85. The standard InChI is InChI=1S/C24H28O7/c1-5-6-7-8-29-20-9-16(14-25)10-21(30-15-22(28)31-24(2,3)4)23(20)17-11-18(26)13-19(27)12-17/h1,9-13,25-27H,6-8,14-15H2,2-4H3. The molecular weight excluding hydrogens is 400 g/mol. The molecule has 31 heavy (non-hydrogen) atoms. The molecule has 0 unspecified atom stereocenters. The zero-order chi connectivity index (χ0) is 23.0. The van der Waals surface area contributed by atoms with Crippen molar-refractivity contribution in [2.75, 3.05) is 13.2 Å². The Balaban J connectivity index is 2.47. The fourth-order valence-electron chi connectivity index (χ4n) is 2.85. The number of benzene rings is 2. The Morgan fingerprint density at radius 3 is 2.19 bits per heavy atom. The molecule has 166 valence electrons. The van der Waals surface area contributed by atoms with Crippen molar-refractivity contribution in [3.63, 3.8) is 0 Å². The number of hydrogen-bond acceptors (Lipinski definition) is 7. The van der Waals surface area contributed by atoms with Crippen LogP contribution in [-0.4, -0.2) is 40.1 Å². The van der Waals surface area contributed by atoms with Gasteiger partial charge in [-0.25, -0.2) is 4.79 Å². The quantitative estimate of drug-likeness (QED) is 0.317. The van der Waals surface area contributed by atoms with Crippen molar-refractivity contribution in [1.29, 1.82) is 0 Å². The zero-order valence-electron chi connectivity index (χ0n) is 18.0. The molecule has 0 aliphatic rings. The number of aliphatic hydroxyl groups excluding tert-OH is 1. The molecule has 7 heteroatoms. The minimum atomic E-state index is -0.668. The van der Waals surface area contributed by atoms with Crippen LogP contribution < -0.4 is 9.47 Å². The van der Waals surface area contributed by atoms with Crippen LogP contribution in [0.4, 0.5) is 0 Å². The van der Waals surface area contributed by atoms with Crippen LogP contribution in [0.2, 0.25) is 0 Å². The van der Waals surface area contributed by atoms with Gasteiger partial charge in [0.2, 0.25) is 0 Å². The van der Waals surface area contributed by atoms with Gasteiger partial charge in [0, 0.05) is 12.5 Å². The van der Waals surface area contributed by atoms with Crippen LogP contribution in [0.15, 0.2) is 30.3 Å². The Morgan fingerprint density at radius 2 is 1.65 bits per heavy atom. The first-order chi connectivity index (χ1) is 14.6. The molecule has 0 fully saturated rings. The number of esters is 1. The number of aromatic hydroxyl groups is 2. The third kappa shape index (κ3) is 7.43. The fourth-order valence-corrected chi connectivity index (χ4v) is 2.85. The van der Waals surface area contributed by atoms with Gasteiger partial charge < -0.3 is 29.5 Å². The highest BCUT2D eigenvalue weighted by atomic mass is 16.6. The second-order valence-corrected chi connectivity index (χ2v) is 7.89. The monoisotopic (exact) mass is 428 g/mol. The largest absolute Gasteiger partial charge is 0.508 e. The lowest BCUT2D eigenvalue weighted by Crippen LogP contribution is -2.27. The summed E-state index contributed by atoms with van der Waals surface area (Å²) in [6.45, 7) is 4.90. The molecule has 0 saturated carbocycles. The van der Waals surface area contributed by atoms with E-state index in [4.69, 9.17) is 20.6 Å². The topological polar surface area (TPSA) is 105 Å². The Kier molecular flexibility index (Phi) is 8.17. The number of terminal acetylenes is 1. The van der Waals surface area contributed by atoms with Crippen LogP contribution in [0.1, 0.15) is 39.2 Å². The maximum Gasteiger partial charge on any atom is 0.344 e. The van der Waals surface area contributed by atoms with Crippen LogP contribution >= 0.6 is 0 Å². The van der Waals surface area contributed by atoms with E-state index >= 15 is 0 Å². The fraction of sp³-hybridized carbons (Fsp3) is 0.375. The molecule has 0 spiro atoms. The van der Waals surface area contributed by atoms with E-state index in [2.05, 4.69) is 5.92 Å². The molecule has 0 radical (unpaired) electrons. The SMILES string of the molecule is C#CCCCOc1cc(CO)cc(OCC(=O)OC(C)(C)C)c1-c1cc(O)cc(O)c1. The summed E-state index contributed by atoms with van der Waals surface area (Å²) in [5.74, 6) is 2.25. The van der Waals surface area contributed by atoms with E-state index in [9.17, 15) is 20.1 Å². The third-order valence-electron chi connectivity index (χ3n) is 3.99. The molecule has 0 aromatic heterocycles. The van der Waals surface area contributed by atoms with E-state index in [0.29, 0.717) is 41.9 Å². The van der Waals surface area contributed by atoms with E-state index < -0.39 is 11.6 Å². The molecule has 0 saturated heterocycles. The number of phenols is 2. The first kappa shape index (κ1) is 23.9. The molecule has 2 aromatic carbocycles. The molecule has 0 aliphatic carbocycles. The smallest absolute Gasteiger partial charge is 0.344 e. The minimum absolute atomic E-state index is 0.155. The van der Waals surface area contributed by atoms with Gasteiger partial charge in [-0.2, -0.15) is 0 Å². The second kappa shape index (κ2) is 10.6. The van der Waals surface area contributed by atoms with Crippen LogP contribution in [0.3, 0.4) is 0 Å². The van der Waals surface area contributed by atoms with E-state index in [1.165, 1.54) is 18.2 Å². The summed E-state index contributed by atoms with van der Waals surface area (Å²) in [7, 11) is 0. The number of rotatable bonds is 9. The zero-order valence-corrected chi connectivity index (χ0v) is 18.0. The molecule has 7 nitrogen and oxygen atoms in total. The number of unbranched alkanes of at least 4 members (excludes halogenated alkanes) is 1. The van der Waals surface area contributed by atoms with Crippen molar-refractivity contribution in [3.8, 4) is 46.5 Å². The molecule has 0 atom stereocenters. The van der Waals surface area contributed by atoms with E-state index in [1.54, 1.807) is 32.9 Å². The number of ether oxygens (including phenoxy) is 3. The van der Waals surface area contributed by atoms with Gasteiger partial charge in [-0.15, -0.1) is 12.3 Å². The Labute approximate surface area is 182 Å². The number of aliphatic hydroxyl groups is 1. The van der Waals surface area contributed by atoms with Crippen LogP contribution in [0, 0.1) is 12.3 Å². The number of carbonyl (C=O) groups excluding carboxylic acids is 1. The second-order valence-electron chi connectivity index (χ2n) is 7.89. The molecule has 2 rings (SSSR count). The number of hydrogen-bond donors (Lipinski definition) is 3. The number of phenolic OH excluding ortho intramolecular Hbond substituents is 2. The average Bonchev–Trinajstić information content (AvgIpc) is 2.67. The highest BCUT2D eigenvalue weighted by Crippen LogP contribution is 2.42. The van der Waals surface area contributed by atoms with Gasteiger partial charge in [-0.05, 0) is 62.6 Å². The van der Waals surface area contributed by atoms with E-state index in [1.807, 2.05) is 0 Å². The third-order valence-corrected chi connectivity index (χ3v) is 3.99. The predicted octanol–water partition coefficient (Wildman–Crippen LogP) is 3.77. The molecular formula is C24H28O7. The van der Waals surface area contributed by atoms with Crippen molar-refractivity contribution >= 4 is 5.97 Å². The molecule has 2 aromatic rings. The van der Waals surface area contributed by atoms with Gasteiger partial charge in [0.15, 0.2) is 6.61 Å². The average molecular weight is 428 g/mol. The van der Waals surface area contributed by atoms with Crippen molar-refractivity contribution in [2.45, 2.75) is 45.8 Å². The Bertz CT molecular complexity index is 931. The van der Waals surface area contributed by atoms with Gasteiger partial charge in [0.25, 0.3) is 0 Å². The van der Waals surface area contributed by atoms with Crippen LogP contribution in [0.25, 0.3) is 11.1 Å². The van der Waals surface area contributed by atoms with Gasteiger partial charge in [-0.1, -0.05) is 0 Å². The summed E-state index contributed by atoms with van der Waals surface area (Å²) in [6, 6.07) is 7.26. The van der Waals surface area contributed by atoms with Gasteiger partial charge in [0.05, 0.1) is 18.8 Å². The maximum atomic E-state index is 12.1. The Morgan fingerprint density at radius 1 is 1.03 bits per heavy atom. The van der Waals surface area contributed by atoms with Gasteiger partial charge in [0.1, 0.15) is 28.6 Å². The molecule has 0 heterocycles. The van der Waals surface area contributed by atoms with Gasteiger partial charge in [-0.3, -0.25) is 0 Å². The highest BCUT2D eigenvalue weighted by molar-refractivity contribution is 5.80. The lowest BCUT2D eigenvalue weighted by Gasteiger charge is -2.21. The molecule has 0 bridgehead atoms. The van der Waals surface area contributed by atoms with E-state index in [-0.39, 0.29) is 30.5 Å². The molecule has 0 amide bonds. The maximum absolute atomic E-state index is 12.1. The summed E-state index contributed by atoms with van der Waals surface area (Å²) in [6.07, 6.45) is 6.43. The molecule has 0 aliphatic heterocycles. The van der Waals surface area contributed by atoms with Crippen molar-refractivity contribution in [2.24, 2.45) is 0 Å². The minimum Gasteiger partial charge on any atom is -0.508 e. The summed E-state index contributed by atoms with van der Waals surface area (Å²) in [5, 5.41) is 29.6. The van der Waals surface area contributed by atoms with Gasteiger partial charge >= 0.3 is 5.97 Å². The Hall–Kier alpha value is -3.37. The molecule has 3 N–H and O–H groups in total. The lowest BCUT2D eigenvalue weighted by atomic mass is 10.0. The summed E-state index contributed by atoms with van der Waals surface area (Å²) >= 11 is 0. The van der Waals surface area contributed by atoms with Crippen molar-refractivity contribution in [1.82, 2.24) is 0 Å². The summed E-state index contributed by atoms with van der Waals surface area (Å²) < 4.78 is 16.9. The summed E-state index contributed by atoms with van der Waals surface area (Å²) in [5.41, 5.74) is 0.651. The summed E-state index contributed by atoms with van der Waals surface area (Å²) in [4.78, 5) is 12.1. The van der Waals surface area contributed by atoms with Crippen LogP contribution in [-0.2, 0) is 16.1 Å². The van der Waals surface area contributed by atoms with Crippen LogP contribution in [0.5, 0.6) is 23.0 Å². The highest BCUT2D eigenvalue weighted by Gasteiger charge is 2.21. The van der Waals surface area contributed by atoms with E-state index in [0.717, 1.165) is 0 Å². The lowest BCUT2D eigenvalue weighted by molar-refractivity contribution is -0.157. The van der Waals surface area contributed by atoms with Crippen molar-refractivity contribution < 1.29 is 34.3 Å². The van der Waals surface area contributed by atoms with Crippen molar-refractivity contribution in [3.05, 3.63) is 35.9 Å². The normalized spacial score (nSPS) is 10.9. The number of carbonyl (C=O) groups is 1.